The van der Waals surface area contributed by atoms with Crippen LogP contribution in [-0.4, -0.2) is 56.3 Å². The molecular formula is C31H31ClN4O5. The van der Waals surface area contributed by atoms with E-state index < -0.39 is 11.8 Å². The molecule has 2 saturated heterocycles. The quantitative estimate of drug-likeness (QED) is 0.305. The minimum Gasteiger partial charge on any atom is -0.478 e. The SMILES string of the molecule is C[C@]1(c2ccc(Cl)cn2)Oc2cccc(C3CCN(Cc4nc5ccc(C(=O)O)cc5n4C[C@@H]4CCO4)CC3)c2O1. The van der Waals surface area contributed by atoms with Crippen molar-refractivity contribution in [3.8, 4) is 11.5 Å². The normalized spacial score (nSPS) is 22.6. The van der Waals surface area contributed by atoms with Crippen LogP contribution in [0.1, 0.15) is 59.5 Å². The van der Waals surface area contributed by atoms with E-state index in [2.05, 4.69) is 20.5 Å². The summed E-state index contributed by atoms with van der Waals surface area (Å²) in [6.45, 7) is 5.86. The molecule has 212 valence electrons. The van der Waals surface area contributed by atoms with E-state index in [0.29, 0.717) is 29.7 Å². The molecule has 2 aromatic heterocycles. The summed E-state index contributed by atoms with van der Waals surface area (Å²) in [6.07, 6.45) is 4.70. The van der Waals surface area contributed by atoms with Crippen molar-refractivity contribution in [3.63, 3.8) is 0 Å². The molecule has 7 rings (SSSR count). The first-order chi connectivity index (χ1) is 19.9. The van der Waals surface area contributed by atoms with Crippen LogP contribution in [0, 0.1) is 0 Å². The number of benzene rings is 2. The molecule has 0 bridgehead atoms. The van der Waals surface area contributed by atoms with Crippen molar-refractivity contribution in [1.29, 1.82) is 0 Å². The number of ether oxygens (including phenoxy) is 3. The third-order valence-electron chi connectivity index (χ3n) is 8.45. The van der Waals surface area contributed by atoms with Crippen LogP contribution >= 0.6 is 11.6 Å². The van der Waals surface area contributed by atoms with E-state index in [4.69, 9.17) is 30.8 Å². The number of imidazole rings is 1. The summed E-state index contributed by atoms with van der Waals surface area (Å²) < 4.78 is 20.6. The fourth-order valence-corrected chi connectivity index (χ4v) is 6.19. The van der Waals surface area contributed by atoms with Crippen LogP contribution in [0.4, 0.5) is 0 Å². The minimum absolute atomic E-state index is 0.140. The lowest BCUT2D eigenvalue weighted by Gasteiger charge is -2.33. The molecule has 2 atom stereocenters. The zero-order chi connectivity index (χ0) is 28.1. The van der Waals surface area contributed by atoms with Gasteiger partial charge in [-0.1, -0.05) is 23.7 Å². The van der Waals surface area contributed by atoms with Gasteiger partial charge in [0.25, 0.3) is 5.79 Å². The van der Waals surface area contributed by atoms with E-state index in [1.165, 1.54) is 0 Å². The summed E-state index contributed by atoms with van der Waals surface area (Å²) in [5.41, 5.74) is 3.76. The van der Waals surface area contributed by atoms with Crippen molar-refractivity contribution in [2.45, 2.75) is 57.1 Å². The summed E-state index contributed by atoms with van der Waals surface area (Å²) in [4.78, 5) is 23.4. The van der Waals surface area contributed by atoms with Crippen LogP contribution in [0.5, 0.6) is 11.5 Å². The molecule has 4 aromatic rings. The van der Waals surface area contributed by atoms with E-state index in [1.54, 1.807) is 30.5 Å². The maximum absolute atomic E-state index is 11.6. The second kappa shape index (κ2) is 10.3. The van der Waals surface area contributed by atoms with Gasteiger partial charge >= 0.3 is 5.97 Å². The molecule has 0 saturated carbocycles. The van der Waals surface area contributed by atoms with Gasteiger partial charge in [0.2, 0.25) is 0 Å². The number of hydrogen-bond acceptors (Lipinski definition) is 7. The zero-order valence-electron chi connectivity index (χ0n) is 22.8. The molecule has 2 fully saturated rings. The minimum atomic E-state index is -1.01. The topological polar surface area (TPSA) is 98.9 Å². The molecule has 9 nitrogen and oxygen atoms in total. The summed E-state index contributed by atoms with van der Waals surface area (Å²) in [7, 11) is 0. The van der Waals surface area contributed by atoms with Crippen molar-refractivity contribution in [2.75, 3.05) is 19.7 Å². The number of nitrogens with zero attached hydrogens (tertiary/aromatic N) is 4. The largest absolute Gasteiger partial charge is 0.478 e. The first kappa shape index (κ1) is 26.3. The fraction of sp³-hybridized carbons (Fsp3) is 0.387. The Labute approximate surface area is 242 Å². The standard InChI is InChI=1S/C31H31ClN4O5/c1-31(27-8-6-21(32)16-33-27)40-26-4-2-3-23(29(26)41-31)19-9-12-35(13-10-19)18-28-34-24-7-5-20(30(37)38)15-25(24)36(28)17-22-11-14-39-22/h2-8,15-16,19,22H,9-14,17-18H2,1H3,(H,37,38)/t22-,31-/m0/s1. The highest BCUT2D eigenvalue weighted by molar-refractivity contribution is 6.30. The number of carboxylic acid groups (broad SMARTS) is 1. The predicted octanol–water partition coefficient (Wildman–Crippen LogP) is 5.60. The van der Waals surface area contributed by atoms with Crippen molar-refractivity contribution >= 4 is 28.6 Å². The highest BCUT2D eigenvalue weighted by Crippen LogP contribution is 2.49. The fourth-order valence-electron chi connectivity index (χ4n) is 6.08. The molecule has 5 heterocycles. The number of halogens is 1. The Bertz CT molecular complexity index is 1610. The van der Waals surface area contributed by atoms with Gasteiger partial charge in [-0.3, -0.25) is 9.88 Å². The van der Waals surface area contributed by atoms with Gasteiger partial charge < -0.3 is 23.9 Å². The summed E-state index contributed by atoms with van der Waals surface area (Å²) >= 11 is 6.04. The molecule has 3 aliphatic heterocycles. The molecule has 2 aromatic carbocycles. The number of rotatable bonds is 7. The van der Waals surface area contributed by atoms with Gasteiger partial charge in [0.15, 0.2) is 11.5 Å². The molecule has 0 unspecified atom stereocenters. The Morgan fingerprint density at radius 3 is 2.66 bits per heavy atom. The van der Waals surface area contributed by atoms with Gasteiger partial charge in [0.1, 0.15) is 11.5 Å². The van der Waals surface area contributed by atoms with Crippen molar-refractivity contribution < 1.29 is 24.1 Å². The molecule has 41 heavy (non-hydrogen) atoms. The summed E-state index contributed by atoms with van der Waals surface area (Å²) in [5, 5.41) is 10.1. The first-order valence-electron chi connectivity index (χ1n) is 14.1. The van der Waals surface area contributed by atoms with Gasteiger partial charge in [0, 0.05) is 25.3 Å². The van der Waals surface area contributed by atoms with Gasteiger partial charge in [-0.2, -0.15) is 0 Å². The number of pyridine rings is 1. The van der Waals surface area contributed by atoms with Crippen LogP contribution in [0.2, 0.25) is 5.02 Å². The van der Waals surface area contributed by atoms with E-state index >= 15 is 0 Å². The van der Waals surface area contributed by atoms with E-state index in [1.807, 2.05) is 25.1 Å². The number of fused-ring (bicyclic) bond motifs is 2. The Morgan fingerprint density at radius 2 is 1.95 bits per heavy atom. The van der Waals surface area contributed by atoms with Gasteiger partial charge in [-0.15, -0.1) is 0 Å². The maximum atomic E-state index is 11.6. The third kappa shape index (κ3) is 4.92. The Balaban J connectivity index is 1.07. The molecular weight excluding hydrogens is 544 g/mol. The highest BCUT2D eigenvalue weighted by atomic mass is 35.5. The van der Waals surface area contributed by atoms with Crippen LogP contribution < -0.4 is 9.47 Å². The number of piperidine rings is 1. The number of carbonyl (C=O) groups is 1. The van der Waals surface area contributed by atoms with Crippen LogP contribution in [0.3, 0.4) is 0 Å². The molecule has 0 spiro atoms. The highest BCUT2D eigenvalue weighted by Gasteiger charge is 2.42. The number of hydrogen-bond donors (Lipinski definition) is 1. The lowest BCUT2D eigenvalue weighted by Crippen LogP contribution is -2.35. The van der Waals surface area contributed by atoms with Crippen LogP contribution in [-0.2, 0) is 23.6 Å². The van der Waals surface area contributed by atoms with Gasteiger partial charge in [-0.05, 0) is 74.7 Å². The number of para-hydroxylation sites is 1. The second-order valence-corrected chi connectivity index (χ2v) is 11.6. The summed E-state index contributed by atoms with van der Waals surface area (Å²) in [6, 6.07) is 14.9. The van der Waals surface area contributed by atoms with E-state index in [-0.39, 0.29) is 11.7 Å². The molecule has 3 aliphatic rings. The lowest BCUT2D eigenvalue weighted by molar-refractivity contribution is -0.0722. The number of likely N-dealkylation sites (tertiary alicyclic amines) is 1. The average Bonchev–Trinajstić information content (AvgIpc) is 3.47. The number of carboxylic acids is 1. The van der Waals surface area contributed by atoms with Gasteiger partial charge in [0.05, 0.1) is 40.8 Å². The summed E-state index contributed by atoms with van der Waals surface area (Å²) in [5.74, 6) is 0.868. The zero-order valence-corrected chi connectivity index (χ0v) is 23.5. The molecule has 0 radical (unpaired) electrons. The average molecular weight is 575 g/mol. The smallest absolute Gasteiger partial charge is 0.335 e. The van der Waals surface area contributed by atoms with E-state index in [0.717, 1.165) is 72.9 Å². The predicted molar refractivity (Wildman–Crippen MR) is 153 cm³/mol. The number of aromatic carboxylic acids is 1. The van der Waals surface area contributed by atoms with Crippen LogP contribution in [0.25, 0.3) is 11.0 Å². The van der Waals surface area contributed by atoms with Crippen molar-refractivity contribution in [3.05, 3.63) is 82.4 Å². The lowest BCUT2D eigenvalue weighted by atomic mass is 9.88. The first-order valence-corrected chi connectivity index (χ1v) is 14.4. The molecule has 0 amide bonds. The van der Waals surface area contributed by atoms with Crippen LogP contribution in [0.15, 0.2) is 54.7 Å². The Morgan fingerprint density at radius 1 is 1.12 bits per heavy atom. The monoisotopic (exact) mass is 574 g/mol. The van der Waals surface area contributed by atoms with Gasteiger partial charge in [-0.25, -0.2) is 9.78 Å². The Kier molecular flexibility index (Phi) is 6.60. The molecule has 10 heteroatoms. The Hall–Kier alpha value is -3.66. The molecule has 0 aliphatic carbocycles. The van der Waals surface area contributed by atoms with Crippen molar-refractivity contribution in [2.24, 2.45) is 0 Å². The number of aromatic nitrogens is 3. The van der Waals surface area contributed by atoms with Crippen molar-refractivity contribution in [1.82, 2.24) is 19.4 Å². The maximum Gasteiger partial charge on any atom is 0.335 e. The second-order valence-electron chi connectivity index (χ2n) is 11.2. The van der Waals surface area contributed by atoms with E-state index in [9.17, 15) is 9.90 Å². The third-order valence-corrected chi connectivity index (χ3v) is 8.67. The molecule has 1 N–H and O–H groups in total.